The van der Waals surface area contributed by atoms with Crippen molar-refractivity contribution in [2.24, 2.45) is 5.92 Å². The number of fused-ring (bicyclic) bond motifs is 3. The highest BCUT2D eigenvalue weighted by atomic mass is 35.5. The highest BCUT2D eigenvalue weighted by Gasteiger charge is 2.55. The van der Waals surface area contributed by atoms with Gasteiger partial charge in [-0.25, -0.2) is 9.97 Å². The molecule has 6 nitrogen and oxygen atoms in total. The number of hydrogen-bond donors (Lipinski definition) is 0. The van der Waals surface area contributed by atoms with Gasteiger partial charge in [-0.3, -0.25) is 4.57 Å². The Labute approximate surface area is 137 Å². The van der Waals surface area contributed by atoms with Crippen LogP contribution in [0.15, 0.2) is 6.33 Å². The van der Waals surface area contributed by atoms with Crippen molar-refractivity contribution in [2.45, 2.75) is 44.6 Å². The van der Waals surface area contributed by atoms with E-state index in [0.717, 1.165) is 12.8 Å². The van der Waals surface area contributed by atoms with Gasteiger partial charge in [0.25, 0.3) is 0 Å². The molecule has 4 atom stereocenters. The maximum Gasteiger partial charge on any atom is 0.225 e. The summed E-state index contributed by atoms with van der Waals surface area (Å²) in [5.41, 5.74) is 0.948. The lowest BCUT2D eigenvalue weighted by Crippen LogP contribution is -2.42. The summed E-state index contributed by atoms with van der Waals surface area (Å²) in [6.07, 6.45) is 3.23. The smallest absolute Gasteiger partial charge is 0.225 e. The number of rotatable bonds is 2. The molecule has 0 N–H and O–H groups in total. The van der Waals surface area contributed by atoms with Gasteiger partial charge in [0, 0.05) is 18.9 Å². The monoisotopic (exact) mass is 342 g/mol. The van der Waals surface area contributed by atoms with Gasteiger partial charge in [0.2, 0.25) is 5.28 Å². The lowest BCUT2D eigenvalue weighted by Gasteiger charge is -2.35. The number of nitrogens with zero attached hydrogens (tertiary/aromatic N) is 4. The van der Waals surface area contributed by atoms with E-state index in [2.05, 4.69) is 28.8 Å². The predicted molar refractivity (Wildman–Crippen MR) is 82.0 cm³/mol. The molecular formula is C14H16Cl2N4O2. The predicted octanol–water partition coefficient (Wildman–Crippen LogP) is 3.24. The summed E-state index contributed by atoms with van der Waals surface area (Å²) >= 11 is 12.0. The minimum Gasteiger partial charge on any atom is -0.373 e. The summed E-state index contributed by atoms with van der Waals surface area (Å²) < 4.78 is 14.2. The van der Waals surface area contributed by atoms with Crippen LogP contribution in [0.3, 0.4) is 0 Å². The number of halogens is 2. The van der Waals surface area contributed by atoms with Crippen molar-refractivity contribution in [1.82, 2.24) is 19.5 Å². The Kier molecular flexibility index (Phi) is 3.34. The first kappa shape index (κ1) is 14.6. The van der Waals surface area contributed by atoms with Crippen LogP contribution in [0.1, 0.15) is 32.9 Å². The van der Waals surface area contributed by atoms with Crippen molar-refractivity contribution in [1.29, 1.82) is 0 Å². The van der Waals surface area contributed by atoms with Crippen LogP contribution in [0.4, 0.5) is 0 Å². The number of hydrogen-bond acceptors (Lipinski definition) is 5. The van der Waals surface area contributed by atoms with E-state index in [-0.39, 0.29) is 28.4 Å². The summed E-state index contributed by atoms with van der Waals surface area (Å²) in [7, 11) is 0. The number of aromatic nitrogens is 4. The van der Waals surface area contributed by atoms with Gasteiger partial charge < -0.3 is 9.47 Å². The SMILES string of the molecule is CC[C@@]12CCOC([C@H](n3cnc4c(Cl)nc(Cl)nc43)O1)[C@H]2C. The largest absolute Gasteiger partial charge is 0.373 e. The van der Waals surface area contributed by atoms with Crippen LogP contribution in [0.5, 0.6) is 0 Å². The van der Waals surface area contributed by atoms with Crippen LogP contribution in [0.25, 0.3) is 11.2 Å². The molecule has 2 bridgehead atoms. The Morgan fingerprint density at radius 1 is 1.41 bits per heavy atom. The molecule has 0 amide bonds. The second-order valence-electron chi connectivity index (χ2n) is 5.91. The first-order valence-corrected chi connectivity index (χ1v) is 8.16. The molecular weight excluding hydrogens is 327 g/mol. The van der Waals surface area contributed by atoms with E-state index < -0.39 is 0 Å². The lowest BCUT2D eigenvalue weighted by molar-refractivity contribution is -0.0859. The molecule has 22 heavy (non-hydrogen) atoms. The van der Waals surface area contributed by atoms with Crippen LogP contribution in [-0.2, 0) is 9.47 Å². The summed E-state index contributed by atoms with van der Waals surface area (Å²) in [6.45, 7) is 5.05. The minimum atomic E-state index is -0.274. The molecule has 2 fully saturated rings. The second-order valence-corrected chi connectivity index (χ2v) is 6.60. The molecule has 118 valence electrons. The van der Waals surface area contributed by atoms with Crippen molar-refractivity contribution in [2.75, 3.05) is 6.61 Å². The summed E-state index contributed by atoms with van der Waals surface area (Å²) in [6, 6.07) is 0. The van der Waals surface area contributed by atoms with Gasteiger partial charge >= 0.3 is 0 Å². The van der Waals surface area contributed by atoms with E-state index in [1.165, 1.54) is 0 Å². The molecule has 0 aromatic carbocycles. The van der Waals surface area contributed by atoms with Crippen molar-refractivity contribution < 1.29 is 9.47 Å². The van der Waals surface area contributed by atoms with Gasteiger partial charge in [0.05, 0.1) is 11.9 Å². The highest BCUT2D eigenvalue weighted by molar-refractivity contribution is 6.35. The van der Waals surface area contributed by atoms with Gasteiger partial charge in [-0.2, -0.15) is 4.98 Å². The zero-order valence-corrected chi connectivity index (χ0v) is 13.8. The fourth-order valence-electron chi connectivity index (χ4n) is 3.68. The van der Waals surface area contributed by atoms with E-state index in [0.29, 0.717) is 23.7 Å². The van der Waals surface area contributed by atoms with Crippen LogP contribution < -0.4 is 0 Å². The van der Waals surface area contributed by atoms with Crippen LogP contribution in [0.2, 0.25) is 10.4 Å². The molecule has 2 aromatic rings. The Bertz CT molecular complexity index is 737. The van der Waals surface area contributed by atoms with Crippen LogP contribution in [0, 0.1) is 5.92 Å². The topological polar surface area (TPSA) is 62.1 Å². The highest BCUT2D eigenvalue weighted by Crippen LogP contribution is 2.50. The molecule has 0 aliphatic carbocycles. The summed E-state index contributed by atoms with van der Waals surface area (Å²) in [5.74, 6) is 0.307. The molecule has 0 spiro atoms. The van der Waals surface area contributed by atoms with E-state index in [4.69, 9.17) is 32.7 Å². The molecule has 0 saturated carbocycles. The molecule has 4 heterocycles. The third-order valence-corrected chi connectivity index (χ3v) is 5.45. The second kappa shape index (κ2) is 5.03. The third-order valence-electron chi connectivity index (χ3n) is 5.02. The van der Waals surface area contributed by atoms with E-state index >= 15 is 0 Å². The maximum absolute atomic E-state index is 6.42. The zero-order valence-electron chi connectivity index (χ0n) is 12.3. The summed E-state index contributed by atoms with van der Waals surface area (Å²) in [5, 5.41) is 0.341. The average molecular weight is 343 g/mol. The number of ether oxygens (including phenoxy) is 2. The van der Waals surface area contributed by atoms with Gasteiger partial charge in [-0.05, 0) is 18.0 Å². The van der Waals surface area contributed by atoms with Crippen LogP contribution >= 0.6 is 23.2 Å². The summed E-state index contributed by atoms with van der Waals surface area (Å²) in [4.78, 5) is 12.5. The van der Waals surface area contributed by atoms with Gasteiger partial charge in [-0.1, -0.05) is 25.4 Å². The molecule has 2 saturated heterocycles. The fourth-order valence-corrected chi connectivity index (χ4v) is 4.10. The van der Waals surface area contributed by atoms with Gasteiger partial charge in [0.1, 0.15) is 11.6 Å². The molecule has 8 heteroatoms. The van der Waals surface area contributed by atoms with Crippen molar-refractivity contribution in [3.05, 3.63) is 16.8 Å². The molecule has 2 aliphatic heterocycles. The minimum absolute atomic E-state index is 0.0291. The van der Waals surface area contributed by atoms with Gasteiger partial charge in [-0.15, -0.1) is 0 Å². The molecule has 2 aromatic heterocycles. The Balaban J connectivity index is 1.83. The zero-order chi connectivity index (χ0) is 15.5. The van der Waals surface area contributed by atoms with E-state index in [9.17, 15) is 0 Å². The van der Waals surface area contributed by atoms with E-state index in [1.54, 1.807) is 6.33 Å². The molecule has 2 aliphatic rings. The molecule has 1 unspecified atom stereocenters. The van der Waals surface area contributed by atoms with Gasteiger partial charge in [0.15, 0.2) is 17.0 Å². The lowest BCUT2D eigenvalue weighted by atomic mass is 9.81. The quantitative estimate of drug-likeness (QED) is 0.619. The first-order chi connectivity index (χ1) is 10.6. The average Bonchev–Trinajstić information content (AvgIpc) is 2.94. The van der Waals surface area contributed by atoms with Crippen molar-refractivity contribution in [3.8, 4) is 0 Å². The molecule has 0 radical (unpaired) electrons. The fraction of sp³-hybridized carbons (Fsp3) is 0.643. The standard InChI is InChI=1S/C14H16Cl2N4O2/c1-3-14-4-5-21-9(7(14)2)12(22-14)20-6-17-8-10(15)18-13(16)19-11(8)20/h6-7,9,12H,3-5H2,1-2H3/t7-,9?,12-,14+/m1/s1. The maximum atomic E-state index is 6.42. The van der Waals surface area contributed by atoms with E-state index in [1.807, 2.05) is 4.57 Å². The third kappa shape index (κ3) is 1.91. The van der Waals surface area contributed by atoms with Crippen molar-refractivity contribution in [3.63, 3.8) is 0 Å². The Hall–Kier alpha value is -0.950. The normalized spacial score (nSPS) is 34.5. The Morgan fingerprint density at radius 3 is 2.95 bits per heavy atom. The Morgan fingerprint density at radius 2 is 2.23 bits per heavy atom. The van der Waals surface area contributed by atoms with Crippen LogP contribution in [-0.4, -0.2) is 37.8 Å². The number of imidazole rings is 1. The molecule has 4 rings (SSSR count). The first-order valence-electron chi connectivity index (χ1n) is 7.41. The van der Waals surface area contributed by atoms with Crippen molar-refractivity contribution >= 4 is 34.4 Å².